The number of imidazole rings is 1. The molecule has 0 saturated carbocycles. The number of para-hydroxylation sites is 2. The molecule has 1 aromatic heterocycles. The summed E-state index contributed by atoms with van der Waals surface area (Å²) in [7, 11) is 0. The number of aromatic nitrogens is 2. The van der Waals surface area contributed by atoms with Crippen LogP contribution in [0.3, 0.4) is 0 Å². The maximum atomic E-state index is 13.0. The first-order valence-corrected chi connectivity index (χ1v) is 9.31. The minimum Gasteiger partial charge on any atom is -0.379 e. The Morgan fingerprint density at radius 1 is 1.16 bits per heavy atom. The fourth-order valence-corrected chi connectivity index (χ4v) is 3.97. The topological polar surface area (TPSA) is 50.6 Å². The number of piperidine rings is 1. The second-order valence-corrected chi connectivity index (χ2v) is 7.01. The molecule has 1 aromatic carbocycles. The van der Waals surface area contributed by atoms with Crippen molar-refractivity contribution < 1.29 is 9.53 Å². The third kappa shape index (κ3) is 3.70. The molecule has 3 heterocycles. The predicted molar refractivity (Wildman–Crippen MR) is 96.3 cm³/mol. The van der Waals surface area contributed by atoms with Gasteiger partial charge in [-0.15, -0.1) is 0 Å². The molecule has 134 valence electrons. The van der Waals surface area contributed by atoms with Crippen molar-refractivity contribution in [3.05, 3.63) is 30.6 Å². The van der Waals surface area contributed by atoms with Crippen LogP contribution in [0.4, 0.5) is 0 Å². The number of morpholine rings is 1. The number of benzene rings is 1. The molecule has 2 aliphatic rings. The van der Waals surface area contributed by atoms with Gasteiger partial charge in [0.2, 0.25) is 5.91 Å². The van der Waals surface area contributed by atoms with Gasteiger partial charge < -0.3 is 14.2 Å². The molecule has 2 fully saturated rings. The summed E-state index contributed by atoms with van der Waals surface area (Å²) >= 11 is 0. The summed E-state index contributed by atoms with van der Waals surface area (Å²) in [4.78, 5) is 21.9. The molecule has 2 aliphatic heterocycles. The number of amides is 1. The van der Waals surface area contributed by atoms with Gasteiger partial charge in [0, 0.05) is 32.2 Å². The Balaban J connectivity index is 1.45. The predicted octanol–water partition coefficient (Wildman–Crippen LogP) is 1.75. The van der Waals surface area contributed by atoms with Crippen LogP contribution in [-0.4, -0.2) is 70.7 Å². The van der Waals surface area contributed by atoms with Crippen molar-refractivity contribution in [2.24, 2.45) is 0 Å². The van der Waals surface area contributed by atoms with Gasteiger partial charge in [-0.3, -0.25) is 9.69 Å². The number of hydrogen-bond acceptors (Lipinski definition) is 4. The minimum absolute atomic E-state index is 0.209. The molecule has 25 heavy (non-hydrogen) atoms. The SMILES string of the molecule is O=C(Cn1cnc2ccccc21)N1CCCC[C@H]1CN1CCOCC1. The second kappa shape index (κ2) is 7.54. The fourth-order valence-electron chi connectivity index (χ4n) is 3.97. The molecule has 2 aromatic rings. The van der Waals surface area contributed by atoms with E-state index in [1.807, 2.05) is 28.8 Å². The van der Waals surface area contributed by atoms with Gasteiger partial charge in [-0.25, -0.2) is 4.98 Å². The van der Waals surface area contributed by atoms with Crippen LogP contribution < -0.4 is 0 Å². The molecule has 6 nitrogen and oxygen atoms in total. The van der Waals surface area contributed by atoms with Crippen molar-refractivity contribution in [2.45, 2.75) is 31.8 Å². The summed E-state index contributed by atoms with van der Waals surface area (Å²) in [5.74, 6) is 0.209. The van der Waals surface area contributed by atoms with Gasteiger partial charge in [-0.05, 0) is 31.4 Å². The zero-order valence-corrected chi connectivity index (χ0v) is 14.6. The number of ether oxygens (including phenoxy) is 1. The summed E-state index contributed by atoms with van der Waals surface area (Å²) in [6, 6.07) is 8.31. The fraction of sp³-hybridized carbons (Fsp3) is 0.579. The zero-order valence-electron chi connectivity index (χ0n) is 14.6. The molecule has 0 spiro atoms. The van der Waals surface area contributed by atoms with Gasteiger partial charge in [0.25, 0.3) is 0 Å². The van der Waals surface area contributed by atoms with Crippen LogP contribution in [0.15, 0.2) is 30.6 Å². The Hall–Kier alpha value is -1.92. The average Bonchev–Trinajstić information content (AvgIpc) is 3.06. The third-order valence-electron chi connectivity index (χ3n) is 5.35. The maximum absolute atomic E-state index is 13.0. The van der Waals surface area contributed by atoms with Gasteiger partial charge >= 0.3 is 0 Å². The van der Waals surface area contributed by atoms with Crippen molar-refractivity contribution in [2.75, 3.05) is 39.4 Å². The van der Waals surface area contributed by atoms with Crippen molar-refractivity contribution in [1.29, 1.82) is 0 Å². The minimum atomic E-state index is 0.209. The molecule has 0 bridgehead atoms. The summed E-state index contributed by atoms with van der Waals surface area (Å²) in [6.45, 7) is 5.79. The molecule has 6 heteroatoms. The highest BCUT2D eigenvalue weighted by Crippen LogP contribution is 2.20. The highest BCUT2D eigenvalue weighted by Gasteiger charge is 2.29. The van der Waals surface area contributed by atoms with E-state index in [9.17, 15) is 4.79 Å². The van der Waals surface area contributed by atoms with Crippen molar-refractivity contribution in [3.63, 3.8) is 0 Å². The van der Waals surface area contributed by atoms with Crippen molar-refractivity contribution in [3.8, 4) is 0 Å². The lowest BCUT2D eigenvalue weighted by Gasteiger charge is -2.39. The number of nitrogens with zero attached hydrogens (tertiary/aromatic N) is 4. The van der Waals surface area contributed by atoms with E-state index in [1.54, 1.807) is 6.33 Å². The summed E-state index contributed by atoms with van der Waals surface area (Å²) in [5, 5.41) is 0. The van der Waals surface area contributed by atoms with Gasteiger partial charge in [0.05, 0.1) is 30.6 Å². The van der Waals surface area contributed by atoms with E-state index in [2.05, 4.69) is 14.8 Å². The first-order chi connectivity index (χ1) is 12.3. The van der Waals surface area contributed by atoms with E-state index in [0.29, 0.717) is 12.6 Å². The highest BCUT2D eigenvalue weighted by molar-refractivity contribution is 5.80. The quantitative estimate of drug-likeness (QED) is 0.849. The first-order valence-electron chi connectivity index (χ1n) is 9.31. The van der Waals surface area contributed by atoms with Crippen LogP contribution in [-0.2, 0) is 16.1 Å². The lowest BCUT2D eigenvalue weighted by atomic mass is 10.0. The number of carbonyl (C=O) groups excluding carboxylic acids is 1. The Labute approximate surface area is 148 Å². The summed E-state index contributed by atoms with van der Waals surface area (Å²) in [5.41, 5.74) is 1.97. The van der Waals surface area contributed by atoms with E-state index in [-0.39, 0.29) is 5.91 Å². The van der Waals surface area contributed by atoms with Gasteiger partial charge in [-0.2, -0.15) is 0 Å². The monoisotopic (exact) mass is 342 g/mol. The molecule has 1 amide bonds. The Morgan fingerprint density at radius 3 is 2.88 bits per heavy atom. The standard InChI is InChI=1S/C19H26N4O2/c24-19(14-22-15-20-17-6-1-2-7-18(17)22)23-8-4-3-5-16(23)13-21-9-11-25-12-10-21/h1-2,6-7,15-16H,3-5,8-14H2/t16-/m0/s1. The molecular formula is C19H26N4O2. The summed E-state index contributed by atoms with van der Waals surface area (Å²) < 4.78 is 7.41. The smallest absolute Gasteiger partial charge is 0.242 e. The first kappa shape index (κ1) is 16.5. The number of likely N-dealkylation sites (tertiary alicyclic amines) is 1. The van der Waals surface area contributed by atoms with Crippen LogP contribution in [0.5, 0.6) is 0 Å². The lowest BCUT2D eigenvalue weighted by Crippen LogP contribution is -2.52. The Morgan fingerprint density at radius 2 is 2.00 bits per heavy atom. The van der Waals surface area contributed by atoms with E-state index < -0.39 is 0 Å². The van der Waals surface area contributed by atoms with Crippen LogP contribution >= 0.6 is 0 Å². The lowest BCUT2D eigenvalue weighted by molar-refractivity contribution is -0.136. The molecule has 0 aliphatic carbocycles. The van der Waals surface area contributed by atoms with Gasteiger partial charge in [0.15, 0.2) is 0 Å². The van der Waals surface area contributed by atoms with Crippen molar-refractivity contribution in [1.82, 2.24) is 19.4 Å². The van der Waals surface area contributed by atoms with Crippen LogP contribution in [0, 0.1) is 0 Å². The molecule has 0 radical (unpaired) electrons. The largest absolute Gasteiger partial charge is 0.379 e. The summed E-state index contributed by atoms with van der Waals surface area (Å²) in [6.07, 6.45) is 5.21. The van der Waals surface area contributed by atoms with Crippen LogP contribution in [0.25, 0.3) is 11.0 Å². The Kier molecular flexibility index (Phi) is 4.99. The van der Waals surface area contributed by atoms with Crippen molar-refractivity contribution >= 4 is 16.9 Å². The molecule has 0 N–H and O–H groups in total. The molecule has 0 unspecified atom stereocenters. The number of carbonyl (C=O) groups is 1. The maximum Gasteiger partial charge on any atom is 0.242 e. The van der Waals surface area contributed by atoms with E-state index in [4.69, 9.17) is 4.74 Å². The Bertz CT molecular complexity index is 723. The average molecular weight is 342 g/mol. The number of rotatable bonds is 4. The van der Waals surface area contributed by atoms with E-state index in [1.165, 1.54) is 6.42 Å². The number of hydrogen-bond donors (Lipinski definition) is 0. The van der Waals surface area contributed by atoms with E-state index in [0.717, 1.165) is 63.3 Å². The van der Waals surface area contributed by atoms with Gasteiger partial charge in [0.1, 0.15) is 6.54 Å². The zero-order chi connectivity index (χ0) is 17.1. The third-order valence-corrected chi connectivity index (χ3v) is 5.35. The number of fused-ring (bicyclic) bond motifs is 1. The molecule has 4 rings (SSSR count). The van der Waals surface area contributed by atoms with Gasteiger partial charge in [-0.1, -0.05) is 12.1 Å². The second-order valence-electron chi connectivity index (χ2n) is 7.01. The van der Waals surface area contributed by atoms with Crippen LogP contribution in [0.1, 0.15) is 19.3 Å². The molecule has 1 atom stereocenters. The normalized spacial score (nSPS) is 22.4. The molecule has 2 saturated heterocycles. The van der Waals surface area contributed by atoms with Crippen LogP contribution in [0.2, 0.25) is 0 Å². The highest BCUT2D eigenvalue weighted by atomic mass is 16.5. The van der Waals surface area contributed by atoms with E-state index >= 15 is 0 Å². The molecular weight excluding hydrogens is 316 g/mol.